The molecule has 0 spiro atoms. The minimum Gasteiger partial charge on any atom is -0.306 e. The van der Waals surface area contributed by atoms with Crippen LogP contribution in [0.1, 0.15) is 54.2 Å². The number of rotatable bonds is 8. The van der Waals surface area contributed by atoms with E-state index in [-0.39, 0.29) is 11.8 Å². The zero-order valence-corrected chi connectivity index (χ0v) is 19.6. The third-order valence-corrected chi connectivity index (χ3v) is 7.52. The zero-order chi connectivity index (χ0) is 22.8. The predicted molar refractivity (Wildman–Crippen MR) is 127 cm³/mol. The molecule has 2 aromatic heterocycles. The summed E-state index contributed by atoms with van der Waals surface area (Å²) >= 11 is 2.61. The predicted octanol–water partition coefficient (Wildman–Crippen LogP) is 5.64. The summed E-state index contributed by atoms with van der Waals surface area (Å²) in [5, 5.41) is 9.83. The van der Waals surface area contributed by atoms with Crippen LogP contribution in [0.2, 0.25) is 0 Å². The van der Waals surface area contributed by atoms with Crippen molar-refractivity contribution in [1.82, 2.24) is 9.80 Å². The normalized spacial score (nSPS) is 15.6. The monoisotopic (exact) mass is 462 g/mol. The Hall–Kier alpha value is -3.20. The number of hydrogen-bond donors (Lipinski definition) is 0. The maximum atomic E-state index is 13.7. The topological polar surface area (TPSA) is 68.8 Å². The number of unbranched alkanes of at least 4 members (excludes halogenated alkanes) is 2. The SMILES string of the molecule is [C-]#[N+]c1ccc(C2=C3C(=O)N(CCCC)C(c4ccc(C#N)s4)=C3C(=O)N2CCCC)s1. The number of carbonyl (C=O) groups is 2. The van der Waals surface area contributed by atoms with Gasteiger partial charge in [-0.25, -0.2) is 4.85 Å². The molecule has 4 heterocycles. The fraction of sp³-hybridized carbons (Fsp3) is 0.333. The van der Waals surface area contributed by atoms with Gasteiger partial charge in [-0.05, 0) is 31.0 Å². The van der Waals surface area contributed by atoms with E-state index in [4.69, 9.17) is 6.57 Å². The van der Waals surface area contributed by atoms with E-state index >= 15 is 0 Å². The van der Waals surface area contributed by atoms with Crippen LogP contribution in [0.3, 0.4) is 0 Å². The van der Waals surface area contributed by atoms with Gasteiger partial charge in [0.05, 0.1) is 34.0 Å². The summed E-state index contributed by atoms with van der Waals surface area (Å²) in [5.41, 5.74) is 2.11. The standard InChI is InChI=1S/C24H22N4O2S2/c1-4-6-12-27-21(16-9-8-15(14-25)31-16)19-20(24(27)30)22(17-10-11-18(26-3)32-17)28(23(19)29)13-7-5-2/h8-11H,4-7,12-13H2,1-2H3. The molecule has 2 aliphatic rings. The van der Waals surface area contributed by atoms with Crippen LogP contribution in [0, 0.1) is 17.9 Å². The van der Waals surface area contributed by atoms with Gasteiger partial charge in [0.1, 0.15) is 10.9 Å². The molecule has 162 valence electrons. The fourth-order valence-corrected chi connectivity index (χ4v) is 5.72. The molecule has 0 saturated carbocycles. The third-order valence-electron chi connectivity index (χ3n) is 5.54. The Balaban J connectivity index is 1.95. The highest BCUT2D eigenvalue weighted by Gasteiger charge is 2.49. The van der Waals surface area contributed by atoms with Crippen LogP contribution in [0.25, 0.3) is 16.2 Å². The molecule has 32 heavy (non-hydrogen) atoms. The molecule has 0 atom stereocenters. The first-order chi connectivity index (χ1) is 15.5. The Morgan fingerprint density at radius 3 is 1.88 bits per heavy atom. The molecule has 0 radical (unpaired) electrons. The number of amides is 2. The van der Waals surface area contributed by atoms with Crippen molar-refractivity contribution in [3.63, 3.8) is 0 Å². The lowest BCUT2D eigenvalue weighted by Gasteiger charge is -2.24. The molecule has 0 fully saturated rings. The van der Waals surface area contributed by atoms with Crippen molar-refractivity contribution in [1.29, 1.82) is 5.26 Å². The van der Waals surface area contributed by atoms with Gasteiger partial charge in [-0.3, -0.25) is 9.59 Å². The van der Waals surface area contributed by atoms with Crippen LogP contribution < -0.4 is 0 Å². The summed E-state index contributed by atoms with van der Waals surface area (Å²) in [5.74, 6) is -0.342. The van der Waals surface area contributed by atoms with Crippen LogP contribution in [0.4, 0.5) is 5.00 Å². The van der Waals surface area contributed by atoms with E-state index in [9.17, 15) is 14.9 Å². The van der Waals surface area contributed by atoms with Crippen LogP contribution in [-0.2, 0) is 9.59 Å². The van der Waals surface area contributed by atoms with Gasteiger partial charge in [0.15, 0.2) is 0 Å². The highest BCUT2D eigenvalue weighted by atomic mass is 32.1. The summed E-state index contributed by atoms with van der Waals surface area (Å²) in [4.78, 5) is 36.4. The molecule has 2 amide bonds. The summed E-state index contributed by atoms with van der Waals surface area (Å²) in [6.07, 6.45) is 3.47. The van der Waals surface area contributed by atoms with Gasteiger partial charge in [0.25, 0.3) is 11.8 Å². The van der Waals surface area contributed by atoms with Crippen molar-refractivity contribution in [3.8, 4) is 6.07 Å². The Labute approximate surface area is 195 Å². The van der Waals surface area contributed by atoms with Crippen LogP contribution in [0.5, 0.6) is 0 Å². The van der Waals surface area contributed by atoms with Gasteiger partial charge in [-0.15, -0.1) is 11.3 Å². The van der Waals surface area contributed by atoms with Crippen LogP contribution in [0.15, 0.2) is 35.4 Å². The second-order valence-corrected chi connectivity index (χ2v) is 9.74. The second-order valence-electron chi connectivity index (χ2n) is 7.59. The Kier molecular flexibility index (Phi) is 6.27. The molecule has 4 rings (SSSR count). The van der Waals surface area contributed by atoms with Crippen molar-refractivity contribution >= 4 is 50.9 Å². The van der Waals surface area contributed by atoms with Gasteiger partial charge < -0.3 is 9.80 Å². The van der Waals surface area contributed by atoms with E-state index in [0.717, 1.165) is 35.4 Å². The van der Waals surface area contributed by atoms with Crippen molar-refractivity contribution in [2.45, 2.75) is 39.5 Å². The molecule has 0 bridgehead atoms. The Morgan fingerprint density at radius 1 is 0.906 bits per heavy atom. The molecule has 2 aromatic rings. The number of nitrogens with zero attached hydrogens (tertiary/aromatic N) is 4. The molecular weight excluding hydrogens is 440 g/mol. The van der Waals surface area contributed by atoms with Crippen molar-refractivity contribution in [3.05, 3.63) is 61.5 Å². The quantitative estimate of drug-likeness (QED) is 0.477. The minimum atomic E-state index is -0.171. The Bertz CT molecular complexity index is 1140. The first kappa shape index (κ1) is 22.0. The average Bonchev–Trinajstić information content (AvgIpc) is 3.56. The smallest absolute Gasteiger partial charge is 0.261 e. The number of hydrogen-bond acceptors (Lipinski definition) is 5. The lowest BCUT2D eigenvalue weighted by atomic mass is 10.1. The lowest BCUT2D eigenvalue weighted by Crippen LogP contribution is -2.30. The van der Waals surface area contributed by atoms with Crippen molar-refractivity contribution in [2.24, 2.45) is 0 Å². The summed E-state index contributed by atoms with van der Waals surface area (Å²) < 4.78 is 0. The molecule has 6 nitrogen and oxygen atoms in total. The minimum absolute atomic E-state index is 0.171. The Morgan fingerprint density at radius 2 is 1.44 bits per heavy atom. The van der Waals surface area contributed by atoms with Crippen LogP contribution >= 0.6 is 22.7 Å². The largest absolute Gasteiger partial charge is 0.306 e. The first-order valence-electron chi connectivity index (χ1n) is 10.7. The van der Waals surface area contributed by atoms with E-state index in [0.29, 0.717) is 45.5 Å². The number of nitriles is 1. The molecule has 0 aliphatic carbocycles. The highest BCUT2D eigenvalue weighted by molar-refractivity contribution is 7.17. The molecule has 0 unspecified atom stereocenters. The fourth-order valence-electron chi connectivity index (χ4n) is 4.01. The van der Waals surface area contributed by atoms with Gasteiger partial charge in [0, 0.05) is 18.0 Å². The molecule has 0 N–H and O–H groups in total. The average molecular weight is 463 g/mol. The zero-order valence-electron chi connectivity index (χ0n) is 18.0. The lowest BCUT2D eigenvalue weighted by molar-refractivity contribution is -0.124. The maximum Gasteiger partial charge on any atom is 0.261 e. The van der Waals surface area contributed by atoms with E-state index < -0.39 is 0 Å². The second kappa shape index (κ2) is 9.12. The number of thiophene rings is 2. The molecule has 2 aliphatic heterocycles. The van der Waals surface area contributed by atoms with Crippen LogP contribution in [-0.4, -0.2) is 34.7 Å². The first-order valence-corrected chi connectivity index (χ1v) is 12.3. The van der Waals surface area contributed by atoms with Gasteiger partial charge in [-0.2, -0.15) is 16.6 Å². The molecule has 0 aromatic carbocycles. The number of fused-ring (bicyclic) bond motifs is 1. The van der Waals surface area contributed by atoms with E-state index in [1.807, 2.05) is 12.1 Å². The third kappa shape index (κ3) is 3.56. The summed E-state index contributed by atoms with van der Waals surface area (Å²) in [6, 6.07) is 9.27. The summed E-state index contributed by atoms with van der Waals surface area (Å²) in [6.45, 7) is 12.5. The van der Waals surface area contributed by atoms with Gasteiger partial charge in [-0.1, -0.05) is 32.8 Å². The van der Waals surface area contributed by atoms with E-state index in [2.05, 4.69) is 24.8 Å². The van der Waals surface area contributed by atoms with E-state index in [1.165, 1.54) is 22.7 Å². The highest BCUT2D eigenvalue weighted by Crippen LogP contribution is 2.49. The molecule has 0 saturated heterocycles. The van der Waals surface area contributed by atoms with Crippen molar-refractivity contribution < 1.29 is 9.59 Å². The molecule has 8 heteroatoms. The maximum absolute atomic E-state index is 13.7. The molecular formula is C24H22N4O2S2. The van der Waals surface area contributed by atoms with Gasteiger partial charge >= 0.3 is 0 Å². The van der Waals surface area contributed by atoms with Gasteiger partial charge in [0.2, 0.25) is 5.00 Å². The van der Waals surface area contributed by atoms with E-state index in [1.54, 1.807) is 21.9 Å². The van der Waals surface area contributed by atoms with Crippen molar-refractivity contribution in [2.75, 3.05) is 13.1 Å². The number of carbonyl (C=O) groups excluding carboxylic acids is 2. The summed E-state index contributed by atoms with van der Waals surface area (Å²) in [7, 11) is 0.